The Bertz CT molecular complexity index is 475. The van der Waals surface area contributed by atoms with E-state index in [-0.39, 0.29) is 11.9 Å². The first-order chi connectivity index (χ1) is 9.61. The second-order valence-corrected chi connectivity index (χ2v) is 5.71. The van der Waals surface area contributed by atoms with Gasteiger partial charge in [-0.2, -0.15) is 0 Å². The zero-order valence-electron chi connectivity index (χ0n) is 11.8. The summed E-state index contributed by atoms with van der Waals surface area (Å²) in [5.41, 5.74) is 0.689. The van der Waals surface area contributed by atoms with E-state index in [0.29, 0.717) is 11.4 Å². The number of nitrogens with zero attached hydrogens (tertiary/aromatic N) is 1. The molecule has 1 aromatic rings. The second-order valence-electron chi connectivity index (χ2n) is 4.80. The molecule has 2 N–H and O–H groups in total. The summed E-state index contributed by atoms with van der Waals surface area (Å²) in [6, 6.07) is 5.41. The average molecular weight is 342 g/mol. The minimum absolute atomic E-state index is 0.0108. The standard InChI is InChI=1S/C14H20BrN3O2/c1-10(18-7-5-16-6-8-18)14(19)17-12-9-11(15)3-4-13(12)20-2/h3-4,9-10,16H,5-8H2,1-2H3,(H,17,19). The number of ether oxygens (including phenoxy) is 1. The maximum atomic E-state index is 12.3. The SMILES string of the molecule is COc1ccc(Br)cc1NC(=O)C(C)N1CCNCC1. The van der Waals surface area contributed by atoms with E-state index in [0.717, 1.165) is 30.7 Å². The molecule has 1 heterocycles. The van der Waals surface area contributed by atoms with Crippen LogP contribution in [0.2, 0.25) is 0 Å². The number of anilines is 1. The summed E-state index contributed by atoms with van der Waals surface area (Å²) in [5, 5.41) is 6.23. The Morgan fingerprint density at radius 1 is 1.45 bits per heavy atom. The molecule has 0 aliphatic carbocycles. The lowest BCUT2D eigenvalue weighted by Crippen LogP contribution is -2.51. The Kier molecular flexibility index (Phi) is 5.39. The fraction of sp³-hybridized carbons (Fsp3) is 0.500. The molecule has 0 spiro atoms. The molecule has 1 saturated heterocycles. The van der Waals surface area contributed by atoms with Gasteiger partial charge in [0.1, 0.15) is 5.75 Å². The van der Waals surface area contributed by atoms with Crippen LogP contribution in [0, 0.1) is 0 Å². The highest BCUT2D eigenvalue weighted by atomic mass is 79.9. The van der Waals surface area contributed by atoms with Crippen LogP contribution in [0.4, 0.5) is 5.69 Å². The molecule has 1 aliphatic heterocycles. The van der Waals surface area contributed by atoms with Crippen molar-refractivity contribution >= 4 is 27.5 Å². The zero-order chi connectivity index (χ0) is 14.5. The third-order valence-corrected chi connectivity index (χ3v) is 3.99. The Hall–Kier alpha value is -1.11. The lowest BCUT2D eigenvalue weighted by molar-refractivity contribution is -0.121. The van der Waals surface area contributed by atoms with Crippen molar-refractivity contribution in [1.29, 1.82) is 0 Å². The second kappa shape index (κ2) is 7.06. The molecule has 5 nitrogen and oxygen atoms in total. The van der Waals surface area contributed by atoms with Gasteiger partial charge in [0.2, 0.25) is 5.91 Å². The van der Waals surface area contributed by atoms with E-state index >= 15 is 0 Å². The maximum absolute atomic E-state index is 12.3. The number of hydrogen-bond acceptors (Lipinski definition) is 4. The monoisotopic (exact) mass is 341 g/mol. The first-order valence-electron chi connectivity index (χ1n) is 6.71. The van der Waals surface area contributed by atoms with Gasteiger partial charge in [-0.3, -0.25) is 9.69 Å². The van der Waals surface area contributed by atoms with Crippen molar-refractivity contribution < 1.29 is 9.53 Å². The van der Waals surface area contributed by atoms with Crippen LogP contribution in [-0.4, -0.2) is 50.1 Å². The van der Waals surface area contributed by atoms with Crippen molar-refractivity contribution in [2.45, 2.75) is 13.0 Å². The van der Waals surface area contributed by atoms with Crippen LogP contribution in [-0.2, 0) is 4.79 Å². The van der Waals surface area contributed by atoms with Crippen LogP contribution < -0.4 is 15.4 Å². The van der Waals surface area contributed by atoms with E-state index in [1.165, 1.54) is 0 Å². The van der Waals surface area contributed by atoms with Gasteiger partial charge in [0, 0.05) is 30.7 Å². The van der Waals surface area contributed by atoms with Crippen molar-refractivity contribution in [3.63, 3.8) is 0 Å². The molecular formula is C14H20BrN3O2. The minimum Gasteiger partial charge on any atom is -0.495 e. The van der Waals surface area contributed by atoms with Crippen molar-refractivity contribution in [3.8, 4) is 5.75 Å². The maximum Gasteiger partial charge on any atom is 0.241 e. The molecular weight excluding hydrogens is 322 g/mol. The number of halogens is 1. The Labute approximate surface area is 127 Å². The molecule has 0 bridgehead atoms. The number of carbonyl (C=O) groups excluding carboxylic acids is 1. The molecule has 1 fully saturated rings. The molecule has 1 aliphatic rings. The van der Waals surface area contributed by atoms with Gasteiger partial charge in [-0.1, -0.05) is 15.9 Å². The molecule has 1 unspecified atom stereocenters. The molecule has 110 valence electrons. The van der Waals surface area contributed by atoms with Gasteiger partial charge in [-0.25, -0.2) is 0 Å². The van der Waals surface area contributed by atoms with Crippen LogP contribution in [0.25, 0.3) is 0 Å². The molecule has 2 rings (SSSR count). The molecule has 6 heteroatoms. The largest absolute Gasteiger partial charge is 0.495 e. The quantitative estimate of drug-likeness (QED) is 0.875. The van der Waals surface area contributed by atoms with Gasteiger partial charge >= 0.3 is 0 Å². The summed E-state index contributed by atoms with van der Waals surface area (Å²) in [5.74, 6) is 0.650. The topological polar surface area (TPSA) is 53.6 Å². The van der Waals surface area contributed by atoms with Gasteiger partial charge in [-0.05, 0) is 25.1 Å². The Morgan fingerprint density at radius 3 is 2.80 bits per heavy atom. The lowest BCUT2D eigenvalue weighted by Gasteiger charge is -2.31. The number of carbonyl (C=O) groups is 1. The fourth-order valence-corrected chi connectivity index (χ4v) is 2.61. The molecule has 0 radical (unpaired) electrons. The normalized spacial score (nSPS) is 17.6. The number of rotatable bonds is 4. The molecule has 20 heavy (non-hydrogen) atoms. The first-order valence-corrected chi connectivity index (χ1v) is 7.50. The highest BCUT2D eigenvalue weighted by molar-refractivity contribution is 9.10. The van der Waals surface area contributed by atoms with E-state index in [4.69, 9.17) is 4.74 Å². The van der Waals surface area contributed by atoms with E-state index in [1.807, 2.05) is 25.1 Å². The van der Waals surface area contributed by atoms with Crippen LogP contribution in [0.3, 0.4) is 0 Å². The number of methoxy groups -OCH3 is 1. The summed E-state index contributed by atoms with van der Waals surface area (Å²) in [7, 11) is 1.60. The Balaban J connectivity index is 2.05. The van der Waals surface area contributed by atoms with Crippen LogP contribution in [0.1, 0.15) is 6.92 Å². The predicted octanol–water partition coefficient (Wildman–Crippen LogP) is 1.69. The first kappa shape index (κ1) is 15.3. The number of hydrogen-bond donors (Lipinski definition) is 2. The van der Waals surface area contributed by atoms with E-state index in [1.54, 1.807) is 7.11 Å². The number of amides is 1. The van der Waals surface area contributed by atoms with Crippen LogP contribution >= 0.6 is 15.9 Å². The van der Waals surface area contributed by atoms with Crippen LogP contribution in [0.5, 0.6) is 5.75 Å². The van der Waals surface area contributed by atoms with Gasteiger partial charge in [0.15, 0.2) is 0 Å². The van der Waals surface area contributed by atoms with Crippen molar-refractivity contribution in [2.75, 3.05) is 38.6 Å². The highest BCUT2D eigenvalue weighted by Crippen LogP contribution is 2.28. The number of nitrogens with one attached hydrogen (secondary N) is 2. The van der Waals surface area contributed by atoms with E-state index in [9.17, 15) is 4.79 Å². The average Bonchev–Trinajstić information content (AvgIpc) is 2.47. The van der Waals surface area contributed by atoms with Crippen molar-refractivity contribution in [1.82, 2.24) is 10.2 Å². The lowest BCUT2D eigenvalue weighted by atomic mass is 10.2. The number of benzene rings is 1. The van der Waals surface area contributed by atoms with Crippen LogP contribution in [0.15, 0.2) is 22.7 Å². The smallest absolute Gasteiger partial charge is 0.241 e. The molecule has 1 aromatic carbocycles. The summed E-state index contributed by atoms with van der Waals surface area (Å²) >= 11 is 3.40. The fourth-order valence-electron chi connectivity index (χ4n) is 2.25. The van der Waals surface area contributed by atoms with Gasteiger partial charge < -0.3 is 15.4 Å². The van der Waals surface area contributed by atoms with E-state index in [2.05, 4.69) is 31.5 Å². The minimum atomic E-state index is -0.152. The molecule has 1 amide bonds. The zero-order valence-corrected chi connectivity index (χ0v) is 13.4. The van der Waals surface area contributed by atoms with Gasteiger partial charge in [-0.15, -0.1) is 0 Å². The van der Waals surface area contributed by atoms with E-state index < -0.39 is 0 Å². The third kappa shape index (κ3) is 3.71. The molecule has 1 atom stereocenters. The van der Waals surface area contributed by atoms with Crippen molar-refractivity contribution in [2.24, 2.45) is 0 Å². The third-order valence-electron chi connectivity index (χ3n) is 3.50. The summed E-state index contributed by atoms with van der Waals surface area (Å²) in [6.07, 6.45) is 0. The number of piperazine rings is 1. The predicted molar refractivity (Wildman–Crippen MR) is 83.2 cm³/mol. The molecule has 0 aromatic heterocycles. The summed E-state index contributed by atoms with van der Waals surface area (Å²) in [4.78, 5) is 14.5. The summed E-state index contributed by atoms with van der Waals surface area (Å²) in [6.45, 7) is 5.58. The Morgan fingerprint density at radius 2 is 2.15 bits per heavy atom. The highest BCUT2D eigenvalue weighted by Gasteiger charge is 2.23. The molecule has 0 saturated carbocycles. The van der Waals surface area contributed by atoms with Crippen molar-refractivity contribution in [3.05, 3.63) is 22.7 Å². The van der Waals surface area contributed by atoms with Gasteiger partial charge in [0.25, 0.3) is 0 Å². The van der Waals surface area contributed by atoms with Gasteiger partial charge in [0.05, 0.1) is 18.8 Å². The summed E-state index contributed by atoms with van der Waals surface area (Å²) < 4.78 is 6.17.